The number of nitrogens with zero attached hydrogens (tertiary/aromatic N) is 1. The van der Waals surface area contributed by atoms with E-state index in [4.69, 9.17) is 4.74 Å². The number of benzene rings is 2. The van der Waals surface area contributed by atoms with Crippen LogP contribution in [0, 0.1) is 18.7 Å². The molecule has 0 spiro atoms. The number of ether oxygens (including phenoxy) is 1. The zero-order chi connectivity index (χ0) is 19.9. The van der Waals surface area contributed by atoms with Gasteiger partial charge in [-0.25, -0.2) is 4.39 Å². The van der Waals surface area contributed by atoms with Crippen LogP contribution in [0.15, 0.2) is 54.8 Å². The molecule has 0 unspecified atom stereocenters. The highest BCUT2D eigenvalue weighted by atomic mass is 19.1. The third kappa shape index (κ3) is 5.20. The van der Waals surface area contributed by atoms with E-state index in [0.29, 0.717) is 19.7 Å². The molecule has 5 heteroatoms. The number of hydrogen-bond acceptors (Lipinski definition) is 3. The van der Waals surface area contributed by atoms with Gasteiger partial charge in [0.05, 0.1) is 12.2 Å². The number of carbonyl (C=O) groups is 1. The Morgan fingerprint density at radius 2 is 2.11 bits per heavy atom. The maximum Gasteiger partial charge on any atom is 0.307 e. The van der Waals surface area contributed by atoms with E-state index < -0.39 is 5.97 Å². The fourth-order valence-corrected chi connectivity index (χ4v) is 3.60. The topological polar surface area (TPSA) is 49.8 Å². The zero-order valence-corrected chi connectivity index (χ0v) is 16.1. The summed E-state index contributed by atoms with van der Waals surface area (Å²) in [5.74, 6) is -1.30. The highest BCUT2D eigenvalue weighted by Gasteiger charge is 2.24. The Bertz CT molecular complexity index is 849. The van der Waals surface area contributed by atoms with Crippen molar-refractivity contribution in [1.82, 2.24) is 4.90 Å². The van der Waals surface area contributed by atoms with Gasteiger partial charge in [-0.05, 0) is 55.1 Å². The summed E-state index contributed by atoms with van der Waals surface area (Å²) in [4.78, 5) is 13.3. The van der Waals surface area contributed by atoms with E-state index in [2.05, 4.69) is 4.90 Å². The Hall–Kier alpha value is -2.66. The molecule has 0 amide bonds. The molecular formula is C23H26FNO3. The first-order chi connectivity index (χ1) is 13.5. The van der Waals surface area contributed by atoms with Crippen molar-refractivity contribution >= 4 is 11.5 Å². The molecule has 0 aromatic heterocycles. The maximum atomic E-state index is 13.8. The van der Waals surface area contributed by atoms with Gasteiger partial charge in [-0.2, -0.15) is 0 Å². The molecule has 0 radical (unpaired) electrons. The van der Waals surface area contributed by atoms with E-state index in [-0.39, 0.29) is 11.7 Å². The average molecular weight is 383 g/mol. The molecule has 4 nitrogen and oxygen atoms in total. The first kappa shape index (κ1) is 20.1. The minimum atomic E-state index is -0.724. The van der Waals surface area contributed by atoms with Gasteiger partial charge >= 0.3 is 5.97 Å². The normalized spacial score (nSPS) is 18.1. The molecule has 148 valence electrons. The fraction of sp³-hybridized carbons (Fsp3) is 0.348. The summed E-state index contributed by atoms with van der Waals surface area (Å²) in [6, 6.07) is 14.4. The first-order valence-electron chi connectivity index (χ1n) is 9.63. The summed E-state index contributed by atoms with van der Waals surface area (Å²) in [7, 11) is 0. The standard InChI is InChI=1S/C23H26FNO3/c1-17-6-2-3-10-21(17)22(18-7-4-9-20(24)14-18)16-28-13-12-25-11-5-8-19(15-25)23(26)27/h2-4,6-7,9-10,14,16,19H,5,8,11-13,15H2,1H3,(H,26,27)/b22-16+/t19-/m1/s1. The van der Waals surface area contributed by atoms with Crippen LogP contribution in [0.5, 0.6) is 0 Å². The lowest BCUT2D eigenvalue weighted by molar-refractivity contribution is -0.143. The van der Waals surface area contributed by atoms with Crippen molar-refractivity contribution in [3.8, 4) is 0 Å². The predicted octanol–water partition coefficient (Wildman–Crippen LogP) is 4.34. The number of rotatable bonds is 7. The summed E-state index contributed by atoms with van der Waals surface area (Å²) in [5, 5.41) is 9.20. The van der Waals surface area contributed by atoms with Gasteiger partial charge in [-0.15, -0.1) is 0 Å². The Labute approximate surface area is 165 Å². The molecule has 3 rings (SSSR count). The van der Waals surface area contributed by atoms with Crippen LogP contribution >= 0.6 is 0 Å². The lowest BCUT2D eigenvalue weighted by Crippen LogP contribution is -2.40. The second-order valence-electron chi connectivity index (χ2n) is 7.21. The lowest BCUT2D eigenvalue weighted by Gasteiger charge is -2.30. The molecule has 0 aliphatic carbocycles. The SMILES string of the molecule is Cc1ccccc1/C(=C/OCCN1CCC[C@@H](C(=O)O)C1)c1cccc(F)c1. The predicted molar refractivity (Wildman–Crippen MR) is 107 cm³/mol. The quantitative estimate of drug-likeness (QED) is 0.571. The van der Waals surface area contributed by atoms with Crippen LogP contribution in [0.3, 0.4) is 0 Å². The van der Waals surface area contributed by atoms with Crippen LogP contribution in [0.4, 0.5) is 4.39 Å². The van der Waals surface area contributed by atoms with Gasteiger partial charge in [0, 0.05) is 18.7 Å². The number of aliphatic carboxylic acids is 1. The van der Waals surface area contributed by atoms with E-state index in [1.54, 1.807) is 12.3 Å². The van der Waals surface area contributed by atoms with Crippen LogP contribution in [0.1, 0.15) is 29.5 Å². The molecule has 2 aromatic carbocycles. The number of aryl methyl sites for hydroxylation is 1. The molecule has 2 aromatic rings. The third-order valence-electron chi connectivity index (χ3n) is 5.15. The Morgan fingerprint density at radius 1 is 1.29 bits per heavy atom. The van der Waals surface area contributed by atoms with Crippen LogP contribution in [0.25, 0.3) is 5.57 Å². The molecule has 1 saturated heterocycles. The Balaban J connectivity index is 1.70. The largest absolute Gasteiger partial charge is 0.499 e. The lowest BCUT2D eigenvalue weighted by atomic mass is 9.95. The van der Waals surface area contributed by atoms with E-state index in [0.717, 1.165) is 41.6 Å². The smallest absolute Gasteiger partial charge is 0.307 e. The fourth-order valence-electron chi connectivity index (χ4n) is 3.60. The molecule has 28 heavy (non-hydrogen) atoms. The second kappa shape index (κ2) is 9.51. The second-order valence-corrected chi connectivity index (χ2v) is 7.21. The third-order valence-corrected chi connectivity index (χ3v) is 5.15. The van der Waals surface area contributed by atoms with Gasteiger partial charge < -0.3 is 9.84 Å². The van der Waals surface area contributed by atoms with Crippen LogP contribution < -0.4 is 0 Å². The minimum absolute atomic E-state index is 0.287. The summed E-state index contributed by atoms with van der Waals surface area (Å²) in [6.45, 7) is 4.60. The van der Waals surface area contributed by atoms with E-state index >= 15 is 0 Å². The van der Waals surface area contributed by atoms with Gasteiger partial charge in [-0.3, -0.25) is 9.69 Å². The Kier molecular flexibility index (Phi) is 6.82. The van der Waals surface area contributed by atoms with Gasteiger partial charge in [0.2, 0.25) is 0 Å². The molecule has 1 aliphatic heterocycles. The van der Waals surface area contributed by atoms with E-state index in [1.807, 2.05) is 37.3 Å². The molecule has 1 atom stereocenters. The van der Waals surface area contributed by atoms with Gasteiger partial charge in [0.15, 0.2) is 0 Å². The van der Waals surface area contributed by atoms with E-state index in [9.17, 15) is 14.3 Å². The molecule has 1 fully saturated rings. The molecule has 1 heterocycles. The van der Waals surface area contributed by atoms with Crippen molar-refractivity contribution in [2.75, 3.05) is 26.2 Å². The minimum Gasteiger partial charge on any atom is -0.499 e. The molecule has 1 N–H and O–H groups in total. The van der Waals surface area contributed by atoms with Crippen LogP contribution in [0.2, 0.25) is 0 Å². The van der Waals surface area contributed by atoms with Crippen molar-refractivity contribution in [3.63, 3.8) is 0 Å². The highest BCUT2D eigenvalue weighted by molar-refractivity contribution is 5.80. The van der Waals surface area contributed by atoms with Gasteiger partial charge in [-0.1, -0.05) is 36.4 Å². The number of carboxylic acids is 1. The monoisotopic (exact) mass is 383 g/mol. The maximum absolute atomic E-state index is 13.8. The molecule has 0 saturated carbocycles. The summed E-state index contributed by atoms with van der Waals surface area (Å²) in [5.41, 5.74) is 3.68. The van der Waals surface area contributed by atoms with Crippen molar-refractivity contribution in [3.05, 3.63) is 77.3 Å². The summed E-state index contributed by atoms with van der Waals surface area (Å²) < 4.78 is 19.6. The van der Waals surface area contributed by atoms with Gasteiger partial charge in [0.1, 0.15) is 12.4 Å². The van der Waals surface area contributed by atoms with Crippen molar-refractivity contribution in [2.45, 2.75) is 19.8 Å². The average Bonchev–Trinajstić information content (AvgIpc) is 2.69. The molecule has 1 aliphatic rings. The van der Waals surface area contributed by atoms with Crippen molar-refractivity contribution < 1.29 is 19.0 Å². The zero-order valence-electron chi connectivity index (χ0n) is 16.1. The van der Waals surface area contributed by atoms with Crippen molar-refractivity contribution in [1.29, 1.82) is 0 Å². The number of carboxylic acid groups (broad SMARTS) is 1. The first-order valence-corrected chi connectivity index (χ1v) is 9.63. The molecular weight excluding hydrogens is 357 g/mol. The number of piperidine rings is 1. The summed E-state index contributed by atoms with van der Waals surface area (Å²) >= 11 is 0. The number of likely N-dealkylation sites (tertiary alicyclic amines) is 1. The van der Waals surface area contributed by atoms with Crippen molar-refractivity contribution in [2.24, 2.45) is 5.92 Å². The van der Waals surface area contributed by atoms with E-state index in [1.165, 1.54) is 12.1 Å². The van der Waals surface area contributed by atoms with Crippen LogP contribution in [-0.2, 0) is 9.53 Å². The van der Waals surface area contributed by atoms with Crippen LogP contribution in [-0.4, -0.2) is 42.2 Å². The Morgan fingerprint density at radius 3 is 2.86 bits per heavy atom. The van der Waals surface area contributed by atoms with Gasteiger partial charge in [0.25, 0.3) is 0 Å². The summed E-state index contributed by atoms with van der Waals surface area (Å²) in [6.07, 6.45) is 3.32. The number of hydrogen-bond donors (Lipinski definition) is 1. The highest BCUT2D eigenvalue weighted by Crippen LogP contribution is 2.26. The number of halogens is 1. The molecule has 0 bridgehead atoms.